The van der Waals surface area contributed by atoms with Crippen molar-refractivity contribution in [3.63, 3.8) is 0 Å². The van der Waals surface area contributed by atoms with Crippen LogP contribution >= 0.6 is 0 Å². The highest BCUT2D eigenvalue weighted by molar-refractivity contribution is 5.79. The van der Waals surface area contributed by atoms with E-state index < -0.39 is 0 Å². The van der Waals surface area contributed by atoms with Crippen molar-refractivity contribution < 1.29 is 8.78 Å². The van der Waals surface area contributed by atoms with E-state index in [0.29, 0.717) is 5.56 Å². The molecule has 12 aromatic rings. The first-order valence-electron chi connectivity index (χ1n) is 26.8. The summed E-state index contributed by atoms with van der Waals surface area (Å²) in [5, 5.41) is 0. The molecule has 0 aliphatic heterocycles. The van der Waals surface area contributed by atoms with Crippen molar-refractivity contribution in [2.45, 2.75) is 41.5 Å². The zero-order chi connectivity index (χ0) is 56.3. The first-order chi connectivity index (χ1) is 39.0. The zero-order valence-corrected chi connectivity index (χ0v) is 46.5. The Morgan fingerprint density at radius 2 is 0.625 bits per heavy atom. The Labute approximate surface area is 473 Å². The Balaban J connectivity index is 0.000000147. The first-order valence-corrected chi connectivity index (χ1v) is 26.8. The molecular weight excluding hydrogens is 979 g/mol. The SMILES string of the molecule is Cc1c(-c2ccccc2)cc(F)cc1-c1ccccc1.Cc1c(F)cc(-c2ccccc2)cc1-c1ccccc1.Cc1cc(-c2ccccc2)cc(-c2ccccc2)c1.Cc1ccccc1.Cc1ccccn1.Cc1cccnc1. The van der Waals surface area contributed by atoms with Gasteiger partial charge in [0, 0.05) is 24.3 Å². The summed E-state index contributed by atoms with van der Waals surface area (Å²) in [5.41, 5.74) is 19.7. The van der Waals surface area contributed by atoms with Gasteiger partial charge < -0.3 is 0 Å². The molecule has 2 heterocycles. The number of rotatable bonds is 6. The zero-order valence-electron chi connectivity index (χ0n) is 46.5. The lowest BCUT2D eigenvalue weighted by molar-refractivity contribution is 0.619. The maximum absolute atomic E-state index is 14.2. The second-order valence-electron chi connectivity index (χ2n) is 19.2. The van der Waals surface area contributed by atoms with Crippen molar-refractivity contribution in [3.8, 4) is 66.8 Å². The van der Waals surface area contributed by atoms with Crippen LogP contribution < -0.4 is 0 Å². The second kappa shape index (κ2) is 30.9. The van der Waals surface area contributed by atoms with Gasteiger partial charge in [0.2, 0.25) is 0 Å². The van der Waals surface area contributed by atoms with E-state index in [2.05, 4.69) is 121 Å². The summed E-state index contributed by atoms with van der Waals surface area (Å²) >= 11 is 0. The van der Waals surface area contributed by atoms with Gasteiger partial charge in [0.1, 0.15) is 11.6 Å². The highest BCUT2D eigenvalue weighted by atomic mass is 19.1. The van der Waals surface area contributed by atoms with E-state index >= 15 is 0 Å². The van der Waals surface area contributed by atoms with Crippen LogP contribution in [-0.4, -0.2) is 9.97 Å². The highest BCUT2D eigenvalue weighted by Crippen LogP contribution is 2.34. The number of hydrogen-bond acceptors (Lipinski definition) is 2. The van der Waals surface area contributed by atoms with Crippen molar-refractivity contribution in [1.29, 1.82) is 0 Å². The summed E-state index contributed by atoms with van der Waals surface area (Å²) in [6, 6.07) is 94.5. The summed E-state index contributed by atoms with van der Waals surface area (Å²) in [5.74, 6) is -0.362. The largest absolute Gasteiger partial charge is 0.264 e. The molecule has 0 radical (unpaired) electrons. The fourth-order valence-electron chi connectivity index (χ4n) is 8.72. The number of halogens is 2. The molecule has 2 aromatic heterocycles. The molecule has 0 N–H and O–H groups in total. The normalized spacial score (nSPS) is 10.0. The molecule has 0 fully saturated rings. The molecule has 0 saturated carbocycles. The van der Waals surface area contributed by atoms with Crippen LogP contribution in [0.5, 0.6) is 0 Å². The van der Waals surface area contributed by atoms with E-state index in [4.69, 9.17) is 0 Å². The van der Waals surface area contributed by atoms with Crippen molar-refractivity contribution in [3.05, 3.63) is 349 Å². The van der Waals surface area contributed by atoms with E-state index in [1.165, 1.54) is 38.9 Å². The molecule has 396 valence electrons. The summed E-state index contributed by atoms with van der Waals surface area (Å²) in [6.45, 7) is 12.1. The maximum atomic E-state index is 14.2. The van der Waals surface area contributed by atoms with Crippen LogP contribution in [0.15, 0.2) is 304 Å². The lowest BCUT2D eigenvalue weighted by Crippen LogP contribution is -1.91. The molecule has 4 heteroatoms. The number of aromatic nitrogens is 2. The van der Waals surface area contributed by atoms with E-state index in [-0.39, 0.29) is 11.6 Å². The third kappa shape index (κ3) is 18.3. The Morgan fingerprint density at radius 1 is 0.263 bits per heavy atom. The molecule has 2 nitrogen and oxygen atoms in total. The van der Waals surface area contributed by atoms with E-state index in [1.807, 2.05) is 204 Å². The van der Waals surface area contributed by atoms with Crippen LogP contribution in [0.3, 0.4) is 0 Å². The third-order valence-electron chi connectivity index (χ3n) is 12.9. The fraction of sp³-hybridized carbons (Fsp3) is 0.0789. The van der Waals surface area contributed by atoms with Crippen LogP contribution in [0, 0.1) is 53.2 Å². The number of aryl methyl sites for hydroxylation is 4. The Hall–Kier alpha value is -9.64. The number of benzene rings is 10. The van der Waals surface area contributed by atoms with Gasteiger partial charge in [0.15, 0.2) is 0 Å². The average molecular weight is 1050 g/mol. The Morgan fingerprint density at radius 3 is 0.938 bits per heavy atom. The molecule has 80 heavy (non-hydrogen) atoms. The van der Waals surface area contributed by atoms with E-state index in [9.17, 15) is 8.78 Å². The molecule has 0 amide bonds. The van der Waals surface area contributed by atoms with Crippen LogP contribution in [0.1, 0.15) is 33.5 Å². The molecule has 0 unspecified atom stereocenters. The average Bonchev–Trinajstić information content (AvgIpc) is 3.51. The standard InChI is InChI=1S/2C19H15F.C19H16.C7H8.2C6H7N/c1-14-18(15-8-4-2-5-9-15)12-17(20)13-19(14)16-10-6-3-7-11-16;1-14-18(16-10-6-3-7-11-16)12-17(13-19(14)20)15-8-4-2-5-9-15;1-15-12-18(16-8-4-2-5-9-16)14-19(13-15)17-10-6-3-7-11-17;1-7-5-3-2-4-6-7;1-6-3-2-4-7-5-6;1-6-4-2-3-5-7-6/h2*2-13H,1H3;2-14H,1H3;2-6H,1H3;2*2-5H,1H3. The predicted octanol–water partition coefficient (Wildman–Crippen LogP) is 21.0. The quantitative estimate of drug-likeness (QED) is 0.166. The summed E-state index contributed by atoms with van der Waals surface area (Å²) in [4.78, 5) is 7.86. The molecule has 12 rings (SSSR count). The number of nitrogens with zero attached hydrogens (tertiary/aromatic N) is 2. The van der Waals surface area contributed by atoms with E-state index in [0.717, 1.165) is 55.8 Å². The van der Waals surface area contributed by atoms with Gasteiger partial charge in [-0.25, -0.2) is 8.78 Å². The van der Waals surface area contributed by atoms with Gasteiger partial charge in [-0.1, -0.05) is 242 Å². The summed E-state index contributed by atoms with van der Waals surface area (Å²) in [6.07, 6.45) is 5.39. The number of hydrogen-bond donors (Lipinski definition) is 0. The smallest absolute Gasteiger partial charge is 0.127 e. The fourth-order valence-corrected chi connectivity index (χ4v) is 8.72. The lowest BCUT2D eigenvalue weighted by atomic mass is 9.92. The lowest BCUT2D eigenvalue weighted by Gasteiger charge is -2.12. The maximum Gasteiger partial charge on any atom is 0.127 e. The van der Waals surface area contributed by atoms with Crippen molar-refractivity contribution in [1.82, 2.24) is 9.97 Å². The van der Waals surface area contributed by atoms with Crippen LogP contribution in [-0.2, 0) is 0 Å². The van der Waals surface area contributed by atoms with E-state index in [1.54, 1.807) is 30.6 Å². The van der Waals surface area contributed by atoms with Gasteiger partial charge in [0.25, 0.3) is 0 Å². The van der Waals surface area contributed by atoms with Gasteiger partial charge in [0.05, 0.1) is 0 Å². The van der Waals surface area contributed by atoms with Crippen LogP contribution in [0.25, 0.3) is 66.8 Å². The van der Waals surface area contributed by atoms with Crippen LogP contribution in [0.4, 0.5) is 8.78 Å². The molecule has 0 spiro atoms. The highest BCUT2D eigenvalue weighted by Gasteiger charge is 2.12. The monoisotopic (exact) mass is 1050 g/mol. The third-order valence-corrected chi connectivity index (χ3v) is 12.9. The molecule has 0 saturated heterocycles. The molecular formula is C76H68F2N2. The minimum absolute atomic E-state index is 0.162. The van der Waals surface area contributed by atoms with Gasteiger partial charge in [-0.05, 0) is 179 Å². The van der Waals surface area contributed by atoms with Gasteiger partial charge in [-0.3, -0.25) is 9.97 Å². The minimum Gasteiger partial charge on any atom is -0.264 e. The van der Waals surface area contributed by atoms with Gasteiger partial charge in [-0.2, -0.15) is 0 Å². The second-order valence-corrected chi connectivity index (χ2v) is 19.2. The number of pyridine rings is 2. The molecule has 10 aromatic carbocycles. The summed E-state index contributed by atoms with van der Waals surface area (Å²) < 4.78 is 28.2. The molecule has 0 atom stereocenters. The topological polar surface area (TPSA) is 25.8 Å². The molecule has 0 aliphatic rings. The van der Waals surface area contributed by atoms with Gasteiger partial charge in [-0.15, -0.1) is 0 Å². The minimum atomic E-state index is -0.201. The van der Waals surface area contributed by atoms with Crippen molar-refractivity contribution in [2.75, 3.05) is 0 Å². The van der Waals surface area contributed by atoms with Crippen molar-refractivity contribution >= 4 is 0 Å². The Bertz CT molecular complexity index is 3420. The van der Waals surface area contributed by atoms with Gasteiger partial charge >= 0.3 is 0 Å². The first kappa shape index (κ1) is 58.1. The summed E-state index contributed by atoms with van der Waals surface area (Å²) in [7, 11) is 0. The molecule has 0 bridgehead atoms. The Kier molecular flexibility index (Phi) is 22.4. The predicted molar refractivity (Wildman–Crippen MR) is 335 cm³/mol. The van der Waals surface area contributed by atoms with Crippen LogP contribution in [0.2, 0.25) is 0 Å². The molecule has 0 aliphatic carbocycles. The van der Waals surface area contributed by atoms with Crippen molar-refractivity contribution in [2.24, 2.45) is 0 Å².